The molecule has 3 heteroatoms. The molecule has 0 N–H and O–H groups in total. The Morgan fingerprint density at radius 2 is 1.52 bits per heavy atom. The van der Waals surface area contributed by atoms with Gasteiger partial charge in [0.1, 0.15) is 12.4 Å². The quantitative estimate of drug-likeness (QED) is 0.701. The maximum atomic E-state index is 6.00. The van der Waals surface area contributed by atoms with Crippen LogP contribution in [0.25, 0.3) is 0 Å². The smallest absolute Gasteiger partial charge is 0.123 e. The summed E-state index contributed by atoms with van der Waals surface area (Å²) in [5.74, 6) is 0.974. The average molecular weight is 322 g/mol. The van der Waals surface area contributed by atoms with Gasteiger partial charge in [-0.05, 0) is 42.1 Å². The summed E-state index contributed by atoms with van der Waals surface area (Å²) in [5.41, 5.74) is 2.81. The number of nitrogens with zero attached hydrogens (tertiary/aromatic N) is 1. The second-order valence-electron chi connectivity index (χ2n) is 8.48. The van der Waals surface area contributed by atoms with Gasteiger partial charge in [0.2, 0.25) is 0 Å². The lowest BCUT2D eigenvalue weighted by atomic mass is 9.80. The zero-order valence-electron chi connectivity index (χ0n) is 16.3. The minimum absolute atomic E-state index is 0.0579. The van der Waals surface area contributed by atoms with Crippen molar-refractivity contribution in [2.24, 2.45) is 0 Å². The number of likely N-dealkylation sites (N-methyl/N-ethyl adjacent to an activating group) is 1. The van der Waals surface area contributed by atoms with Crippen molar-refractivity contribution in [2.75, 3.05) is 40.5 Å². The van der Waals surface area contributed by atoms with E-state index in [1.165, 1.54) is 11.1 Å². The van der Waals surface area contributed by atoms with E-state index in [0.717, 1.165) is 18.9 Å². The summed E-state index contributed by atoms with van der Waals surface area (Å²) in [6.07, 6.45) is 0. The van der Waals surface area contributed by atoms with Crippen molar-refractivity contribution in [3.63, 3.8) is 0 Å². The van der Waals surface area contributed by atoms with Gasteiger partial charge in [-0.3, -0.25) is 0 Å². The lowest BCUT2D eigenvalue weighted by Gasteiger charge is -2.27. The molecule has 0 aliphatic rings. The van der Waals surface area contributed by atoms with Crippen LogP contribution in [0.15, 0.2) is 18.2 Å². The summed E-state index contributed by atoms with van der Waals surface area (Å²) < 4.78 is 11.6. The molecule has 0 saturated heterocycles. The second-order valence-corrected chi connectivity index (χ2v) is 8.48. The highest BCUT2D eigenvalue weighted by Crippen LogP contribution is 2.35. The van der Waals surface area contributed by atoms with E-state index in [-0.39, 0.29) is 10.8 Å². The monoisotopic (exact) mass is 321 g/mol. The van der Waals surface area contributed by atoms with Crippen LogP contribution in [-0.4, -0.2) is 45.4 Å². The number of rotatable bonds is 7. The first-order chi connectivity index (χ1) is 10.5. The Morgan fingerprint density at radius 1 is 0.870 bits per heavy atom. The van der Waals surface area contributed by atoms with Gasteiger partial charge >= 0.3 is 0 Å². The van der Waals surface area contributed by atoms with Gasteiger partial charge in [0.05, 0.1) is 13.2 Å². The third-order valence-corrected chi connectivity index (χ3v) is 3.82. The zero-order chi connectivity index (χ0) is 17.7. The van der Waals surface area contributed by atoms with Crippen molar-refractivity contribution >= 4 is 0 Å². The number of benzene rings is 1. The second kappa shape index (κ2) is 8.16. The van der Waals surface area contributed by atoms with Crippen molar-refractivity contribution in [1.29, 1.82) is 0 Å². The normalized spacial score (nSPS) is 12.7. The molecule has 0 radical (unpaired) electrons. The highest BCUT2D eigenvalue weighted by Gasteiger charge is 2.22. The average Bonchev–Trinajstić information content (AvgIpc) is 2.40. The summed E-state index contributed by atoms with van der Waals surface area (Å²) >= 11 is 0. The van der Waals surface area contributed by atoms with Gasteiger partial charge in [0.15, 0.2) is 0 Å². The molecule has 0 fully saturated rings. The first kappa shape index (κ1) is 20.0. The van der Waals surface area contributed by atoms with E-state index in [1.54, 1.807) is 0 Å². The van der Waals surface area contributed by atoms with Crippen LogP contribution in [0.5, 0.6) is 5.75 Å². The summed E-state index contributed by atoms with van der Waals surface area (Å²) in [6, 6.07) is 6.58. The van der Waals surface area contributed by atoms with Crippen LogP contribution in [-0.2, 0) is 15.6 Å². The largest absolute Gasteiger partial charge is 0.491 e. The molecule has 23 heavy (non-hydrogen) atoms. The molecular formula is C20H35NO2. The van der Waals surface area contributed by atoms with Crippen LogP contribution < -0.4 is 4.74 Å². The Balaban J connectivity index is 2.71. The first-order valence-electron chi connectivity index (χ1n) is 8.52. The topological polar surface area (TPSA) is 21.7 Å². The van der Waals surface area contributed by atoms with Gasteiger partial charge in [-0.2, -0.15) is 0 Å². The molecule has 0 saturated carbocycles. The van der Waals surface area contributed by atoms with Gasteiger partial charge in [-0.25, -0.2) is 0 Å². The lowest BCUT2D eigenvalue weighted by molar-refractivity contribution is 0.0884. The van der Waals surface area contributed by atoms with Gasteiger partial charge in [0, 0.05) is 6.54 Å². The van der Waals surface area contributed by atoms with Crippen molar-refractivity contribution in [2.45, 2.75) is 52.4 Å². The van der Waals surface area contributed by atoms with Crippen molar-refractivity contribution in [3.05, 3.63) is 29.3 Å². The van der Waals surface area contributed by atoms with E-state index < -0.39 is 0 Å². The van der Waals surface area contributed by atoms with Crippen LogP contribution in [0.2, 0.25) is 0 Å². The van der Waals surface area contributed by atoms with Crippen molar-refractivity contribution in [1.82, 2.24) is 4.90 Å². The minimum Gasteiger partial charge on any atom is -0.491 e. The Kier molecular flexibility index (Phi) is 7.09. The molecule has 3 nitrogen and oxygen atoms in total. The predicted octanol–water partition coefficient (Wildman–Crippen LogP) is 4.24. The molecule has 1 aromatic rings. The van der Waals surface area contributed by atoms with Crippen molar-refractivity contribution < 1.29 is 9.47 Å². The summed E-state index contributed by atoms with van der Waals surface area (Å²) in [4.78, 5) is 2.11. The first-order valence-corrected chi connectivity index (χ1v) is 8.52. The van der Waals surface area contributed by atoms with E-state index in [1.807, 2.05) is 14.1 Å². The summed E-state index contributed by atoms with van der Waals surface area (Å²) in [6.45, 7) is 16.3. The maximum Gasteiger partial charge on any atom is 0.123 e. The fourth-order valence-electron chi connectivity index (χ4n) is 2.27. The molecule has 0 unspecified atom stereocenters. The van der Waals surface area contributed by atoms with E-state index >= 15 is 0 Å². The molecule has 0 amide bonds. The summed E-state index contributed by atoms with van der Waals surface area (Å²) in [5, 5.41) is 0. The molecule has 0 atom stereocenters. The van der Waals surface area contributed by atoms with E-state index in [4.69, 9.17) is 9.47 Å². The van der Waals surface area contributed by atoms with Gasteiger partial charge in [0.25, 0.3) is 0 Å². The Hall–Kier alpha value is -1.06. The molecule has 0 spiro atoms. The van der Waals surface area contributed by atoms with Crippen LogP contribution in [0.3, 0.4) is 0 Å². The van der Waals surface area contributed by atoms with E-state index in [0.29, 0.717) is 13.2 Å². The third kappa shape index (κ3) is 6.92. The molecule has 0 aliphatic heterocycles. The number of hydrogen-bond acceptors (Lipinski definition) is 3. The minimum atomic E-state index is 0.0579. The fraction of sp³-hybridized carbons (Fsp3) is 0.700. The third-order valence-electron chi connectivity index (χ3n) is 3.82. The lowest BCUT2D eigenvalue weighted by Crippen LogP contribution is -2.20. The molecular weight excluding hydrogens is 286 g/mol. The van der Waals surface area contributed by atoms with Gasteiger partial charge in [-0.1, -0.05) is 53.7 Å². The predicted molar refractivity (Wildman–Crippen MR) is 98.7 cm³/mol. The number of hydrogen-bond donors (Lipinski definition) is 0. The molecule has 0 aliphatic carbocycles. The molecule has 132 valence electrons. The highest BCUT2D eigenvalue weighted by atomic mass is 16.5. The zero-order valence-corrected chi connectivity index (χ0v) is 16.3. The molecule has 1 aromatic carbocycles. The van der Waals surface area contributed by atoms with E-state index in [2.05, 4.69) is 64.6 Å². The summed E-state index contributed by atoms with van der Waals surface area (Å²) in [7, 11) is 4.10. The Labute approximate surface area is 143 Å². The fourth-order valence-corrected chi connectivity index (χ4v) is 2.27. The van der Waals surface area contributed by atoms with Crippen molar-refractivity contribution in [3.8, 4) is 5.75 Å². The van der Waals surface area contributed by atoms with E-state index in [9.17, 15) is 0 Å². The molecule has 1 rings (SSSR count). The Morgan fingerprint density at radius 3 is 2.04 bits per heavy atom. The van der Waals surface area contributed by atoms with Gasteiger partial charge < -0.3 is 14.4 Å². The molecule has 0 bridgehead atoms. The van der Waals surface area contributed by atoms with Crippen LogP contribution in [0, 0.1) is 0 Å². The molecule has 0 heterocycles. The highest BCUT2D eigenvalue weighted by molar-refractivity contribution is 5.43. The van der Waals surface area contributed by atoms with Crippen LogP contribution >= 0.6 is 0 Å². The maximum absolute atomic E-state index is 6.00. The standard InChI is InChI=1S/C20H35NO2/c1-19(2,3)16-9-10-18(17(15-16)20(4,5)6)23-14-13-22-12-11-21(7)8/h9-10,15H,11-14H2,1-8H3. The van der Waals surface area contributed by atoms with Gasteiger partial charge in [-0.15, -0.1) is 0 Å². The Bertz CT molecular complexity index is 481. The molecule has 0 aromatic heterocycles. The van der Waals surface area contributed by atoms with Crippen LogP contribution in [0.4, 0.5) is 0 Å². The van der Waals surface area contributed by atoms with Crippen LogP contribution in [0.1, 0.15) is 52.7 Å². The SMILES string of the molecule is CN(C)CCOCCOc1ccc(C(C)(C)C)cc1C(C)(C)C. The number of ether oxygens (including phenoxy) is 2.